The third kappa shape index (κ3) is 5.31. The molecule has 0 N–H and O–H groups in total. The van der Waals surface area contributed by atoms with Gasteiger partial charge in [0, 0.05) is 16.8 Å². The average molecular weight is 638 g/mol. The highest BCUT2D eigenvalue weighted by Gasteiger charge is 2.25. The lowest BCUT2D eigenvalue weighted by atomic mass is 9.86. The van der Waals surface area contributed by atoms with Gasteiger partial charge in [-0.3, -0.25) is 8.97 Å². The van der Waals surface area contributed by atoms with Crippen LogP contribution in [0.1, 0.15) is 69.4 Å². The summed E-state index contributed by atoms with van der Waals surface area (Å²) in [5.74, 6) is 0. The summed E-state index contributed by atoms with van der Waals surface area (Å²) in [4.78, 5) is 2.31. The van der Waals surface area contributed by atoms with E-state index in [1.54, 1.807) is 0 Å². The molecule has 0 unspecified atom stereocenters. The fourth-order valence-electron chi connectivity index (χ4n) is 7.02. The molecule has 238 valence electrons. The molecule has 4 heteroatoms. The van der Waals surface area contributed by atoms with Crippen LogP contribution in [-0.4, -0.2) is 8.97 Å². The lowest BCUT2D eigenvalue weighted by molar-refractivity contribution is 0.590. The minimum atomic E-state index is 0.0592. The molecule has 3 nitrogen and oxygen atoms in total. The fourth-order valence-corrected chi connectivity index (χ4v) is 7.30. The van der Waals surface area contributed by atoms with Gasteiger partial charge in [-0.05, 0) is 114 Å². The third-order valence-electron chi connectivity index (χ3n) is 9.45. The van der Waals surface area contributed by atoms with E-state index in [4.69, 9.17) is 11.6 Å². The standard InChI is InChI=1S/C43H44ClN3/c1-27-22-29(3)41-38(25-27)46-35-13-11-10-12-30(35)26-39(46)47(41)37-24-28(2)23-36(40(37)44)45(33-18-14-31(15-19-33)42(4,5)6)34-20-16-32(17-21-34)43(7,8)9/h10-26H,1-9H3. The van der Waals surface area contributed by atoms with Crippen molar-refractivity contribution in [1.82, 2.24) is 8.97 Å². The molecule has 0 saturated heterocycles. The predicted octanol–water partition coefficient (Wildman–Crippen LogP) is 12.7. The Morgan fingerprint density at radius 1 is 0.596 bits per heavy atom. The lowest BCUT2D eigenvalue weighted by Crippen LogP contribution is -2.15. The van der Waals surface area contributed by atoms with Crippen LogP contribution in [0.15, 0.2) is 103 Å². The van der Waals surface area contributed by atoms with Crippen LogP contribution in [0.2, 0.25) is 5.02 Å². The zero-order valence-corrected chi connectivity index (χ0v) is 29.8. The van der Waals surface area contributed by atoms with Gasteiger partial charge in [-0.15, -0.1) is 0 Å². The largest absolute Gasteiger partial charge is 0.309 e. The van der Waals surface area contributed by atoms with Crippen molar-refractivity contribution in [2.75, 3.05) is 4.90 Å². The van der Waals surface area contributed by atoms with Gasteiger partial charge in [-0.1, -0.05) is 102 Å². The van der Waals surface area contributed by atoms with Crippen LogP contribution in [0.5, 0.6) is 0 Å². The Labute approximate surface area is 284 Å². The molecule has 0 aliphatic rings. The van der Waals surface area contributed by atoms with Crippen molar-refractivity contribution in [1.29, 1.82) is 0 Å². The first kappa shape index (κ1) is 31.1. The highest BCUT2D eigenvalue weighted by molar-refractivity contribution is 6.35. The molecule has 2 aromatic heterocycles. The summed E-state index contributed by atoms with van der Waals surface area (Å²) >= 11 is 7.69. The third-order valence-corrected chi connectivity index (χ3v) is 9.84. The van der Waals surface area contributed by atoms with Gasteiger partial charge in [-0.25, -0.2) is 0 Å². The average Bonchev–Trinajstić information content (AvgIpc) is 3.54. The fraction of sp³-hybridized carbons (Fsp3) is 0.256. The van der Waals surface area contributed by atoms with Crippen molar-refractivity contribution in [2.45, 2.75) is 73.1 Å². The number of para-hydroxylation sites is 1. The zero-order valence-electron chi connectivity index (χ0n) is 29.0. The Morgan fingerprint density at radius 3 is 1.72 bits per heavy atom. The second-order valence-electron chi connectivity index (χ2n) is 15.2. The Bertz CT molecular complexity index is 2230. The van der Waals surface area contributed by atoms with E-state index < -0.39 is 0 Å². The number of aromatic nitrogens is 2. The quantitative estimate of drug-likeness (QED) is 0.187. The first-order valence-electron chi connectivity index (χ1n) is 16.6. The minimum absolute atomic E-state index is 0.0592. The highest BCUT2D eigenvalue weighted by Crippen LogP contribution is 2.45. The Hall–Kier alpha value is -4.47. The maximum absolute atomic E-state index is 7.69. The van der Waals surface area contributed by atoms with Crippen LogP contribution in [0.25, 0.3) is 33.3 Å². The van der Waals surface area contributed by atoms with Gasteiger partial charge in [0.1, 0.15) is 5.65 Å². The summed E-state index contributed by atoms with van der Waals surface area (Å²) < 4.78 is 4.75. The van der Waals surface area contributed by atoms with E-state index in [0.29, 0.717) is 5.02 Å². The molecule has 0 atom stereocenters. The number of benzene rings is 5. The summed E-state index contributed by atoms with van der Waals surface area (Å²) in [5, 5.41) is 1.92. The molecule has 0 radical (unpaired) electrons. The lowest BCUT2D eigenvalue weighted by Gasteiger charge is -2.29. The van der Waals surface area contributed by atoms with Gasteiger partial charge in [-0.2, -0.15) is 0 Å². The summed E-state index contributed by atoms with van der Waals surface area (Å²) in [6, 6.07) is 37.8. The molecule has 5 aromatic carbocycles. The molecule has 2 heterocycles. The molecular weight excluding hydrogens is 594 g/mol. The van der Waals surface area contributed by atoms with E-state index in [1.807, 2.05) is 0 Å². The van der Waals surface area contributed by atoms with Crippen molar-refractivity contribution in [2.24, 2.45) is 0 Å². The minimum Gasteiger partial charge on any atom is -0.309 e. The van der Waals surface area contributed by atoms with E-state index in [-0.39, 0.29) is 10.8 Å². The SMILES string of the molecule is Cc1cc(N(c2ccc(C(C)(C)C)cc2)c2ccc(C(C)(C)C)cc2)c(Cl)c(-n2c3c(C)cc(C)cc3n3c4ccccc4cc23)c1. The van der Waals surface area contributed by atoms with E-state index in [1.165, 1.54) is 44.2 Å². The summed E-state index contributed by atoms with van der Waals surface area (Å²) in [7, 11) is 0. The van der Waals surface area contributed by atoms with Crippen molar-refractivity contribution in [3.8, 4) is 5.69 Å². The van der Waals surface area contributed by atoms with E-state index in [2.05, 4.69) is 179 Å². The van der Waals surface area contributed by atoms with Gasteiger partial charge in [0.05, 0.1) is 32.9 Å². The van der Waals surface area contributed by atoms with E-state index in [9.17, 15) is 0 Å². The van der Waals surface area contributed by atoms with Crippen molar-refractivity contribution in [3.63, 3.8) is 0 Å². The second-order valence-corrected chi connectivity index (χ2v) is 15.6. The maximum Gasteiger partial charge on any atom is 0.123 e. The molecule has 7 rings (SSSR count). The van der Waals surface area contributed by atoms with E-state index in [0.717, 1.165) is 34.0 Å². The molecule has 0 aliphatic heterocycles. The molecule has 0 amide bonds. The number of halogens is 1. The maximum atomic E-state index is 7.69. The van der Waals surface area contributed by atoms with Gasteiger partial charge in [0.2, 0.25) is 0 Å². The molecule has 0 spiro atoms. The van der Waals surface area contributed by atoms with Crippen LogP contribution < -0.4 is 4.90 Å². The predicted molar refractivity (Wildman–Crippen MR) is 203 cm³/mol. The van der Waals surface area contributed by atoms with Crippen LogP contribution in [0.4, 0.5) is 17.1 Å². The first-order chi connectivity index (χ1) is 22.2. The van der Waals surface area contributed by atoms with Gasteiger partial charge in [0.25, 0.3) is 0 Å². The molecule has 0 aliphatic carbocycles. The molecule has 0 bridgehead atoms. The van der Waals surface area contributed by atoms with Crippen LogP contribution in [-0.2, 0) is 10.8 Å². The normalized spacial score (nSPS) is 12.5. The van der Waals surface area contributed by atoms with Crippen molar-refractivity contribution in [3.05, 3.63) is 136 Å². The topological polar surface area (TPSA) is 12.6 Å². The van der Waals surface area contributed by atoms with Crippen molar-refractivity contribution >= 4 is 56.2 Å². The first-order valence-corrected chi connectivity index (χ1v) is 16.9. The van der Waals surface area contributed by atoms with Gasteiger partial charge in [0.15, 0.2) is 0 Å². The Balaban J connectivity index is 1.52. The van der Waals surface area contributed by atoms with Crippen LogP contribution in [0, 0.1) is 20.8 Å². The number of nitrogens with zero attached hydrogens (tertiary/aromatic N) is 3. The van der Waals surface area contributed by atoms with Gasteiger partial charge < -0.3 is 4.90 Å². The van der Waals surface area contributed by atoms with E-state index >= 15 is 0 Å². The number of hydrogen-bond donors (Lipinski definition) is 0. The smallest absolute Gasteiger partial charge is 0.123 e. The molecule has 7 aromatic rings. The number of aryl methyl sites for hydroxylation is 3. The van der Waals surface area contributed by atoms with Crippen LogP contribution in [0.3, 0.4) is 0 Å². The monoisotopic (exact) mass is 637 g/mol. The number of hydrogen-bond acceptors (Lipinski definition) is 1. The molecule has 0 saturated carbocycles. The Kier molecular flexibility index (Phi) is 7.33. The molecule has 0 fully saturated rings. The molecular formula is C43H44ClN3. The number of anilines is 3. The molecule has 47 heavy (non-hydrogen) atoms. The highest BCUT2D eigenvalue weighted by atomic mass is 35.5. The summed E-state index contributed by atoms with van der Waals surface area (Å²) in [6.07, 6.45) is 0. The summed E-state index contributed by atoms with van der Waals surface area (Å²) in [6.45, 7) is 20.1. The van der Waals surface area contributed by atoms with Crippen LogP contribution >= 0.6 is 11.6 Å². The second kappa shape index (κ2) is 11.1. The Morgan fingerprint density at radius 2 is 1.15 bits per heavy atom. The number of fused-ring (bicyclic) bond motifs is 5. The van der Waals surface area contributed by atoms with Crippen molar-refractivity contribution < 1.29 is 0 Å². The summed E-state index contributed by atoms with van der Waals surface area (Å²) in [5.41, 5.74) is 15.0. The van der Waals surface area contributed by atoms with Gasteiger partial charge >= 0.3 is 0 Å². The number of imidazole rings is 1. The number of rotatable bonds is 4. The zero-order chi connectivity index (χ0) is 33.4.